The minimum absolute atomic E-state index is 0.0996. The first-order valence-corrected chi connectivity index (χ1v) is 8.55. The minimum atomic E-state index is -4.53. The monoisotopic (exact) mass is 406 g/mol. The van der Waals surface area contributed by atoms with E-state index in [9.17, 15) is 18.0 Å². The standard InChI is InChI=1S/C19H17F3N4O3/c20-19(21,22)12-29-18-16(2-1-7-24-18)17(27)25-14-3-5-15(6-4-14)28-11-10-26-9-8-23-13-26/h1-9,13H,10-12H2,(H,25,27). The Balaban J connectivity index is 1.56. The van der Waals surface area contributed by atoms with Crippen LogP contribution >= 0.6 is 0 Å². The molecular weight excluding hydrogens is 389 g/mol. The van der Waals surface area contributed by atoms with Gasteiger partial charge < -0.3 is 19.4 Å². The van der Waals surface area contributed by atoms with Crippen molar-refractivity contribution in [3.8, 4) is 11.6 Å². The van der Waals surface area contributed by atoms with E-state index in [-0.39, 0.29) is 11.4 Å². The summed E-state index contributed by atoms with van der Waals surface area (Å²) in [5, 5.41) is 2.59. The average Bonchev–Trinajstić information content (AvgIpc) is 3.21. The molecule has 10 heteroatoms. The van der Waals surface area contributed by atoms with Crippen LogP contribution in [0.3, 0.4) is 0 Å². The summed E-state index contributed by atoms with van der Waals surface area (Å²) in [5.41, 5.74) is 0.347. The molecule has 0 fully saturated rings. The predicted molar refractivity (Wildman–Crippen MR) is 97.9 cm³/mol. The molecule has 0 bridgehead atoms. The fraction of sp³-hybridized carbons (Fsp3) is 0.211. The molecule has 0 radical (unpaired) electrons. The van der Waals surface area contributed by atoms with Crippen LogP contribution in [-0.2, 0) is 6.54 Å². The third-order valence-electron chi connectivity index (χ3n) is 3.68. The zero-order valence-corrected chi connectivity index (χ0v) is 15.1. The molecule has 0 aliphatic rings. The van der Waals surface area contributed by atoms with Crippen molar-refractivity contribution >= 4 is 11.6 Å². The van der Waals surface area contributed by atoms with Gasteiger partial charge in [-0.1, -0.05) is 0 Å². The van der Waals surface area contributed by atoms with Crippen LogP contribution in [0, 0.1) is 0 Å². The largest absolute Gasteiger partial charge is 0.492 e. The number of hydrogen-bond acceptors (Lipinski definition) is 5. The first-order chi connectivity index (χ1) is 13.9. The Kier molecular flexibility index (Phi) is 6.32. The number of nitrogens with one attached hydrogen (secondary N) is 1. The second-order valence-corrected chi connectivity index (χ2v) is 5.89. The Hall–Kier alpha value is -3.56. The molecule has 1 aromatic carbocycles. The third kappa shape index (κ3) is 6.23. The van der Waals surface area contributed by atoms with E-state index in [1.54, 1.807) is 36.8 Å². The summed E-state index contributed by atoms with van der Waals surface area (Å²) in [6, 6.07) is 9.37. The van der Waals surface area contributed by atoms with Crippen molar-refractivity contribution in [1.82, 2.24) is 14.5 Å². The molecule has 3 rings (SSSR count). The Morgan fingerprint density at radius 1 is 1.10 bits per heavy atom. The van der Waals surface area contributed by atoms with Gasteiger partial charge >= 0.3 is 6.18 Å². The highest BCUT2D eigenvalue weighted by Crippen LogP contribution is 2.22. The zero-order chi connectivity index (χ0) is 20.7. The average molecular weight is 406 g/mol. The summed E-state index contributed by atoms with van der Waals surface area (Å²) in [7, 11) is 0. The molecule has 3 aromatic rings. The van der Waals surface area contributed by atoms with Gasteiger partial charge in [-0.3, -0.25) is 4.79 Å². The molecule has 0 unspecified atom stereocenters. The first kappa shape index (κ1) is 20.2. The van der Waals surface area contributed by atoms with Gasteiger partial charge in [-0.15, -0.1) is 0 Å². The van der Waals surface area contributed by atoms with Crippen molar-refractivity contribution in [1.29, 1.82) is 0 Å². The van der Waals surface area contributed by atoms with E-state index < -0.39 is 18.7 Å². The number of aromatic nitrogens is 3. The Bertz CT molecular complexity index is 929. The number of imidazole rings is 1. The summed E-state index contributed by atoms with van der Waals surface area (Å²) >= 11 is 0. The molecule has 0 saturated carbocycles. The number of nitrogens with zero attached hydrogens (tertiary/aromatic N) is 3. The number of benzene rings is 1. The van der Waals surface area contributed by atoms with Gasteiger partial charge in [0.25, 0.3) is 5.91 Å². The maximum atomic E-state index is 12.4. The molecule has 1 N–H and O–H groups in total. The summed E-state index contributed by atoms with van der Waals surface area (Å²) < 4.78 is 49.2. The van der Waals surface area contributed by atoms with Gasteiger partial charge in [0.05, 0.1) is 12.9 Å². The summed E-state index contributed by atoms with van der Waals surface area (Å²) in [6.45, 7) is -0.451. The van der Waals surface area contributed by atoms with Crippen molar-refractivity contribution < 1.29 is 27.4 Å². The van der Waals surface area contributed by atoms with Crippen molar-refractivity contribution in [3.05, 3.63) is 66.9 Å². The van der Waals surface area contributed by atoms with Crippen LogP contribution in [0.1, 0.15) is 10.4 Å². The molecule has 2 aromatic heterocycles. The normalized spacial score (nSPS) is 11.1. The van der Waals surface area contributed by atoms with Crippen LogP contribution < -0.4 is 14.8 Å². The van der Waals surface area contributed by atoms with Crippen LogP contribution in [0.25, 0.3) is 0 Å². The molecule has 7 nitrogen and oxygen atoms in total. The lowest BCUT2D eigenvalue weighted by atomic mass is 10.2. The number of carbonyl (C=O) groups is 1. The quantitative estimate of drug-likeness (QED) is 0.619. The van der Waals surface area contributed by atoms with E-state index in [4.69, 9.17) is 4.74 Å². The van der Waals surface area contributed by atoms with Crippen LogP contribution in [-0.4, -0.2) is 39.8 Å². The number of ether oxygens (including phenoxy) is 2. The maximum absolute atomic E-state index is 12.4. The highest BCUT2D eigenvalue weighted by Gasteiger charge is 2.29. The molecule has 2 heterocycles. The topological polar surface area (TPSA) is 78.3 Å². The van der Waals surface area contributed by atoms with Crippen LogP contribution in [0.5, 0.6) is 11.6 Å². The number of rotatable bonds is 8. The first-order valence-electron chi connectivity index (χ1n) is 8.55. The van der Waals surface area contributed by atoms with E-state index in [1.165, 1.54) is 18.3 Å². The van der Waals surface area contributed by atoms with Crippen molar-refractivity contribution in [2.24, 2.45) is 0 Å². The van der Waals surface area contributed by atoms with E-state index >= 15 is 0 Å². The highest BCUT2D eigenvalue weighted by atomic mass is 19.4. The number of halogens is 3. The predicted octanol–water partition coefficient (Wildman–Crippen LogP) is 3.55. The second-order valence-electron chi connectivity index (χ2n) is 5.89. The lowest BCUT2D eigenvalue weighted by Gasteiger charge is -2.12. The molecule has 0 aliphatic carbocycles. The SMILES string of the molecule is O=C(Nc1ccc(OCCn2ccnc2)cc1)c1cccnc1OCC(F)(F)F. The van der Waals surface area contributed by atoms with E-state index in [1.807, 2.05) is 10.8 Å². The molecule has 29 heavy (non-hydrogen) atoms. The van der Waals surface area contributed by atoms with E-state index in [0.29, 0.717) is 24.6 Å². The molecule has 0 spiro atoms. The highest BCUT2D eigenvalue weighted by molar-refractivity contribution is 6.05. The lowest BCUT2D eigenvalue weighted by Crippen LogP contribution is -2.22. The summed E-state index contributed by atoms with van der Waals surface area (Å²) in [4.78, 5) is 20.0. The number of anilines is 1. The molecule has 152 valence electrons. The van der Waals surface area contributed by atoms with Crippen molar-refractivity contribution in [3.63, 3.8) is 0 Å². The Morgan fingerprint density at radius 3 is 2.59 bits per heavy atom. The van der Waals surface area contributed by atoms with Crippen molar-refractivity contribution in [2.45, 2.75) is 12.7 Å². The second kappa shape index (κ2) is 9.09. The smallest absolute Gasteiger partial charge is 0.422 e. The van der Waals surface area contributed by atoms with Crippen molar-refractivity contribution in [2.75, 3.05) is 18.5 Å². The van der Waals surface area contributed by atoms with Crippen LogP contribution in [0.2, 0.25) is 0 Å². The Labute approximate surface area is 164 Å². The van der Waals surface area contributed by atoms with E-state index in [2.05, 4.69) is 20.0 Å². The molecule has 1 amide bonds. The summed E-state index contributed by atoms with van der Waals surface area (Å²) in [5.74, 6) is -0.412. The molecule has 0 saturated heterocycles. The number of amides is 1. The minimum Gasteiger partial charge on any atom is -0.492 e. The molecular formula is C19H17F3N4O3. The fourth-order valence-corrected chi connectivity index (χ4v) is 2.35. The zero-order valence-electron chi connectivity index (χ0n) is 15.1. The Morgan fingerprint density at radius 2 is 1.90 bits per heavy atom. The van der Waals surface area contributed by atoms with Gasteiger partial charge in [0.2, 0.25) is 5.88 Å². The molecule has 0 aliphatic heterocycles. The third-order valence-corrected chi connectivity index (χ3v) is 3.68. The number of pyridine rings is 1. The van der Waals surface area contributed by atoms with Gasteiger partial charge in [0.15, 0.2) is 6.61 Å². The number of hydrogen-bond donors (Lipinski definition) is 1. The van der Waals surface area contributed by atoms with Crippen LogP contribution in [0.15, 0.2) is 61.3 Å². The van der Waals surface area contributed by atoms with Gasteiger partial charge in [-0.25, -0.2) is 9.97 Å². The number of carbonyl (C=O) groups excluding carboxylic acids is 1. The lowest BCUT2D eigenvalue weighted by molar-refractivity contribution is -0.154. The van der Waals surface area contributed by atoms with Gasteiger partial charge in [-0.05, 0) is 36.4 Å². The fourth-order valence-electron chi connectivity index (χ4n) is 2.35. The van der Waals surface area contributed by atoms with Crippen LogP contribution in [0.4, 0.5) is 18.9 Å². The van der Waals surface area contributed by atoms with Gasteiger partial charge in [0.1, 0.15) is 17.9 Å². The molecule has 0 atom stereocenters. The van der Waals surface area contributed by atoms with Gasteiger partial charge in [-0.2, -0.15) is 13.2 Å². The van der Waals surface area contributed by atoms with E-state index in [0.717, 1.165) is 0 Å². The van der Waals surface area contributed by atoms with Gasteiger partial charge in [0, 0.05) is 24.3 Å². The number of alkyl halides is 3. The maximum Gasteiger partial charge on any atom is 0.422 e. The summed E-state index contributed by atoms with van der Waals surface area (Å²) in [6.07, 6.45) is 1.91.